The van der Waals surface area contributed by atoms with Gasteiger partial charge in [-0.2, -0.15) is 5.10 Å². The van der Waals surface area contributed by atoms with Crippen molar-refractivity contribution in [1.29, 1.82) is 0 Å². The van der Waals surface area contributed by atoms with E-state index in [4.69, 9.17) is 5.10 Å². The Kier molecular flexibility index (Phi) is 4.47. The number of para-hydroxylation sites is 1. The molecule has 33 heavy (non-hydrogen) atoms. The molecule has 0 unspecified atom stereocenters. The monoisotopic (exact) mass is 435 g/mol. The number of aryl methyl sites for hydroxylation is 2. The highest BCUT2D eigenvalue weighted by Gasteiger charge is 2.31. The SMILES string of the molecule is Cc1ccc(-n2nc3c(c2-n2cccc2)CN(C(=O)Cc2cn(C)c4ccccc24)C3)cc1. The highest BCUT2D eigenvalue weighted by Crippen LogP contribution is 2.31. The van der Waals surface area contributed by atoms with Gasteiger partial charge in [-0.25, -0.2) is 4.68 Å². The minimum atomic E-state index is 0.129. The summed E-state index contributed by atoms with van der Waals surface area (Å²) in [5, 5.41) is 6.08. The number of hydrogen-bond acceptors (Lipinski definition) is 2. The van der Waals surface area contributed by atoms with Crippen molar-refractivity contribution >= 4 is 16.8 Å². The molecule has 0 saturated heterocycles. The van der Waals surface area contributed by atoms with Crippen molar-refractivity contribution in [2.75, 3.05) is 0 Å². The number of amides is 1. The summed E-state index contributed by atoms with van der Waals surface area (Å²) in [6.07, 6.45) is 6.52. The molecule has 0 bridgehead atoms. The fourth-order valence-electron chi connectivity index (χ4n) is 4.83. The largest absolute Gasteiger partial charge is 0.350 e. The van der Waals surface area contributed by atoms with Crippen molar-refractivity contribution in [3.8, 4) is 11.5 Å². The van der Waals surface area contributed by atoms with Crippen LogP contribution in [0.1, 0.15) is 22.4 Å². The van der Waals surface area contributed by atoms with Crippen molar-refractivity contribution in [2.45, 2.75) is 26.4 Å². The molecule has 1 aliphatic heterocycles. The lowest BCUT2D eigenvalue weighted by Gasteiger charge is -2.17. The molecule has 0 fully saturated rings. The van der Waals surface area contributed by atoms with Gasteiger partial charge in [0.1, 0.15) is 5.82 Å². The number of benzene rings is 2. The van der Waals surface area contributed by atoms with Crippen molar-refractivity contribution in [3.63, 3.8) is 0 Å². The predicted molar refractivity (Wildman–Crippen MR) is 129 cm³/mol. The van der Waals surface area contributed by atoms with E-state index in [0.717, 1.165) is 39.2 Å². The highest BCUT2D eigenvalue weighted by atomic mass is 16.2. The third-order valence-electron chi connectivity index (χ3n) is 6.53. The lowest BCUT2D eigenvalue weighted by Crippen LogP contribution is -2.27. The van der Waals surface area contributed by atoms with Gasteiger partial charge in [0.15, 0.2) is 0 Å². The molecule has 1 amide bonds. The van der Waals surface area contributed by atoms with Crippen LogP contribution in [-0.2, 0) is 31.4 Å². The van der Waals surface area contributed by atoms with E-state index in [2.05, 4.69) is 58.7 Å². The molecule has 0 aliphatic carbocycles. The van der Waals surface area contributed by atoms with E-state index in [9.17, 15) is 4.79 Å². The van der Waals surface area contributed by atoms with Crippen molar-refractivity contribution in [2.24, 2.45) is 7.05 Å². The Morgan fingerprint density at radius 3 is 2.52 bits per heavy atom. The Bertz CT molecular complexity index is 1470. The molecule has 0 radical (unpaired) electrons. The molecular formula is C27H25N5O. The van der Waals surface area contributed by atoms with E-state index >= 15 is 0 Å². The molecular weight excluding hydrogens is 410 g/mol. The first-order valence-corrected chi connectivity index (χ1v) is 11.2. The summed E-state index contributed by atoms with van der Waals surface area (Å²) < 4.78 is 6.17. The number of carbonyl (C=O) groups excluding carboxylic acids is 1. The zero-order valence-corrected chi connectivity index (χ0v) is 18.8. The molecule has 1 aliphatic rings. The Labute approximate surface area is 192 Å². The first-order chi connectivity index (χ1) is 16.1. The maximum Gasteiger partial charge on any atom is 0.227 e. The third kappa shape index (κ3) is 3.26. The van der Waals surface area contributed by atoms with Crippen LogP contribution in [0.2, 0.25) is 0 Å². The van der Waals surface area contributed by atoms with Gasteiger partial charge in [0.05, 0.1) is 30.9 Å². The normalized spacial score (nSPS) is 13.1. The van der Waals surface area contributed by atoms with Gasteiger partial charge in [0.25, 0.3) is 0 Å². The van der Waals surface area contributed by atoms with Crippen LogP contribution < -0.4 is 0 Å². The van der Waals surface area contributed by atoms with Gasteiger partial charge in [-0.1, -0.05) is 35.9 Å². The van der Waals surface area contributed by atoms with Crippen LogP contribution in [0, 0.1) is 6.92 Å². The van der Waals surface area contributed by atoms with Crippen molar-refractivity contribution in [1.82, 2.24) is 23.8 Å². The van der Waals surface area contributed by atoms with Crippen LogP contribution in [0.5, 0.6) is 0 Å². The summed E-state index contributed by atoms with van der Waals surface area (Å²) in [4.78, 5) is 15.2. The molecule has 3 aromatic heterocycles. The molecule has 0 spiro atoms. The number of hydrogen-bond donors (Lipinski definition) is 0. The van der Waals surface area contributed by atoms with Crippen LogP contribution in [0.15, 0.2) is 79.3 Å². The lowest BCUT2D eigenvalue weighted by molar-refractivity contribution is -0.131. The molecule has 0 saturated carbocycles. The van der Waals surface area contributed by atoms with E-state index in [0.29, 0.717) is 19.5 Å². The maximum absolute atomic E-state index is 13.3. The van der Waals surface area contributed by atoms with Gasteiger partial charge in [0, 0.05) is 42.1 Å². The second-order valence-corrected chi connectivity index (χ2v) is 8.80. The molecule has 6 rings (SSSR count). The van der Waals surface area contributed by atoms with E-state index in [1.54, 1.807) is 0 Å². The minimum Gasteiger partial charge on any atom is -0.350 e. The molecule has 2 aromatic carbocycles. The Morgan fingerprint density at radius 1 is 0.970 bits per heavy atom. The maximum atomic E-state index is 13.3. The summed E-state index contributed by atoms with van der Waals surface area (Å²) >= 11 is 0. The highest BCUT2D eigenvalue weighted by molar-refractivity contribution is 5.89. The van der Waals surface area contributed by atoms with Gasteiger partial charge in [0.2, 0.25) is 5.91 Å². The number of carbonyl (C=O) groups is 1. The van der Waals surface area contributed by atoms with Gasteiger partial charge in [-0.05, 0) is 42.8 Å². The van der Waals surface area contributed by atoms with Crippen LogP contribution in [-0.4, -0.2) is 29.7 Å². The Balaban J connectivity index is 1.32. The molecule has 5 aromatic rings. The average molecular weight is 436 g/mol. The van der Waals surface area contributed by atoms with Crippen molar-refractivity contribution in [3.05, 3.63) is 102 Å². The molecule has 164 valence electrons. The van der Waals surface area contributed by atoms with Gasteiger partial charge in [-0.3, -0.25) is 4.79 Å². The fraction of sp³-hybridized carbons (Fsp3) is 0.185. The Hall–Kier alpha value is -4.06. The average Bonchev–Trinajstić information content (AvgIpc) is 3.59. The van der Waals surface area contributed by atoms with E-state index < -0.39 is 0 Å². The molecule has 6 nitrogen and oxygen atoms in total. The summed E-state index contributed by atoms with van der Waals surface area (Å²) in [5.41, 5.74) is 6.52. The van der Waals surface area contributed by atoms with E-state index in [-0.39, 0.29) is 5.91 Å². The van der Waals surface area contributed by atoms with Crippen LogP contribution in [0.4, 0.5) is 0 Å². The van der Waals surface area contributed by atoms with Gasteiger partial charge in [-0.15, -0.1) is 0 Å². The summed E-state index contributed by atoms with van der Waals surface area (Å²) in [6, 6.07) is 20.6. The predicted octanol–water partition coefficient (Wildman–Crippen LogP) is 4.55. The zero-order valence-electron chi connectivity index (χ0n) is 18.8. The second kappa shape index (κ2) is 7.52. The standard InChI is InChI=1S/C27H25N5O/c1-19-9-11-21(12-10-19)32-27(30-13-5-6-14-30)23-17-31(18-24(23)28-32)26(33)15-20-16-29(2)25-8-4-3-7-22(20)25/h3-14,16H,15,17-18H2,1-2H3. The van der Waals surface area contributed by atoms with Crippen molar-refractivity contribution < 1.29 is 4.79 Å². The topological polar surface area (TPSA) is 48.0 Å². The number of aromatic nitrogens is 4. The van der Waals surface area contributed by atoms with Gasteiger partial charge < -0.3 is 14.0 Å². The van der Waals surface area contributed by atoms with Crippen LogP contribution in [0.25, 0.3) is 22.4 Å². The zero-order chi connectivity index (χ0) is 22.5. The fourth-order valence-corrected chi connectivity index (χ4v) is 4.83. The van der Waals surface area contributed by atoms with E-state index in [1.807, 2.05) is 53.3 Å². The summed E-state index contributed by atoms with van der Waals surface area (Å²) in [5.74, 6) is 1.13. The lowest BCUT2D eigenvalue weighted by atomic mass is 10.1. The molecule has 4 heterocycles. The first-order valence-electron chi connectivity index (χ1n) is 11.2. The second-order valence-electron chi connectivity index (χ2n) is 8.80. The summed E-state index contributed by atoms with van der Waals surface area (Å²) in [6.45, 7) is 3.18. The Morgan fingerprint density at radius 2 is 1.73 bits per heavy atom. The third-order valence-corrected chi connectivity index (χ3v) is 6.53. The first kappa shape index (κ1) is 19.6. The number of fused-ring (bicyclic) bond motifs is 2. The number of nitrogens with zero attached hydrogens (tertiary/aromatic N) is 5. The molecule has 0 N–H and O–H groups in total. The van der Waals surface area contributed by atoms with Crippen LogP contribution in [0.3, 0.4) is 0 Å². The number of rotatable bonds is 4. The molecule has 6 heteroatoms. The minimum absolute atomic E-state index is 0.129. The van der Waals surface area contributed by atoms with E-state index in [1.165, 1.54) is 5.56 Å². The smallest absolute Gasteiger partial charge is 0.227 e. The quantitative estimate of drug-likeness (QED) is 0.416. The van der Waals surface area contributed by atoms with Gasteiger partial charge >= 0.3 is 0 Å². The summed E-state index contributed by atoms with van der Waals surface area (Å²) in [7, 11) is 2.03. The molecule has 0 atom stereocenters. The van der Waals surface area contributed by atoms with Crippen LogP contribution >= 0.6 is 0 Å².